The van der Waals surface area contributed by atoms with Gasteiger partial charge in [-0.15, -0.1) is 0 Å². The Morgan fingerprint density at radius 1 is 1.22 bits per heavy atom. The smallest absolute Gasteiger partial charge is 0.355 e. The number of hydrogen-bond donors (Lipinski definition) is 1. The number of nitriles is 1. The zero-order valence-electron chi connectivity index (χ0n) is 16.6. The minimum absolute atomic E-state index is 0.141. The van der Waals surface area contributed by atoms with Gasteiger partial charge in [0.15, 0.2) is 11.9 Å². The van der Waals surface area contributed by atoms with Gasteiger partial charge >= 0.3 is 5.97 Å². The van der Waals surface area contributed by atoms with Gasteiger partial charge in [0.1, 0.15) is 11.2 Å². The molecule has 1 aromatic heterocycles. The molecule has 0 radical (unpaired) electrons. The summed E-state index contributed by atoms with van der Waals surface area (Å²) in [5, 5.41) is 9.64. The lowest BCUT2D eigenvalue weighted by molar-refractivity contribution is -0.143. The highest BCUT2D eigenvalue weighted by atomic mass is 16.5. The van der Waals surface area contributed by atoms with Crippen molar-refractivity contribution in [2.24, 2.45) is 0 Å². The number of likely N-dealkylation sites (N-methyl/N-ethyl adjacent to an activating group) is 1. The van der Waals surface area contributed by atoms with E-state index in [1.54, 1.807) is 20.9 Å². The molecular weight excluding hydrogens is 346 g/mol. The Morgan fingerprint density at radius 2 is 1.81 bits per heavy atom. The topological polar surface area (TPSA) is 103 Å². The molecule has 1 fully saturated rings. The summed E-state index contributed by atoms with van der Waals surface area (Å²) in [6.07, 6.45) is 3.08. The Labute approximate surface area is 159 Å². The monoisotopic (exact) mass is 373 g/mol. The normalized spacial score (nSPS) is 16.9. The molecule has 0 bridgehead atoms. The highest BCUT2D eigenvalue weighted by molar-refractivity contribution is 6.01. The Balaban J connectivity index is 2.14. The predicted molar refractivity (Wildman–Crippen MR) is 99.3 cm³/mol. The second-order valence-corrected chi connectivity index (χ2v) is 7.33. The first kappa shape index (κ1) is 20.7. The van der Waals surface area contributed by atoms with Crippen molar-refractivity contribution in [2.75, 3.05) is 7.05 Å². The van der Waals surface area contributed by atoms with E-state index in [2.05, 4.69) is 11.1 Å². The molecule has 0 unspecified atom stereocenters. The van der Waals surface area contributed by atoms with Crippen LogP contribution in [0, 0.1) is 25.2 Å². The van der Waals surface area contributed by atoms with Crippen molar-refractivity contribution in [2.45, 2.75) is 71.4 Å². The molecule has 146 valence electrons. The van der Waals surface area contributed by atoms with Crippen molar-refractivity contribution in [3.63, 3.8) is 0 Å². The third-order valence-electron chi connectivity index (χ3n) is 5.49. The molecule has 7 heteroatoms. The van der Waals surface area contributed by atoms with Crippen molar-refractivity contribution >= 4 is 17.7 Å². The number of aromatic amines is 1. The number of aryl methyl sites for hydroxylation is 1. The number of hydrogen-bond acceptors (Lipinski definition) is 5. The first-order valence-electron chi connectivity index (χ1n) is 9.24. The van der Waals surface area contributed by atoms with Crippen LogP contribution in [0.15, 0.2) is 0 Å². The van der Waals surface area contributed by atoms with E-state index < -0.39 is 23.5 Å². The van der Waals surface area contributed by atoms with Crippen LogP contribution in [0.3, 0.4) is 0 Å². The molecule has 1 saturated carbocycles. The zero-order chi connectivity index (χ0) is 20.4. The van der Waals surface area contributed by atoms with Crippen LogP contribution in [-0.4, -0.2) is 46.2 Å². The first-order valence-corrected chi connectivity index (χ1v) is 9.24. The Hall–Kier alpha value is -2.62. The number of rotatable bonds is 5. The number of aromatic nitrogens is 1. The van der Waals surface area contributed by atoms with Gasteiger partial charge in [0.25, 0.3) is 5.91 Å². The lowest BCUT2D eigenvalue weighted by Crippen LogP contribution is -2.53. The van der Waals surface area contributed by atoms with Gasteiger partial charge in [-0.05, 0) is 46.1 Å². The fraction of sp³-hybridized carbons (Fsp3) is 0.600. The molecule has 0 aliphatic heterocycles. The molecule has 1 atom stereocenters. The van der Waals surface area contributed by atoms with Crippen LogP contribution >= 0.6 is 0 Å². The quantitative estimate of drug-likeness (QED) is 0.631. The maximum absolute atomic E-state index is 12.8. The molecule has 1 N–H and O–H groups in total. The predicted octanol–water partition coefficient (Wildman–Crippen LogP) is 3.06. The maximum atomic E-state index is 12.8. The van der Waals surface area contributed by atoms with E-state index in [0.29, 0.717) is 29.7 Å². The van der Waals surface area contributed by atoms with E-state index >= 15 is 0 Å². The van der Waals surface area contributed by atoms with Crippen LogP contribution in [0.1, 0.15) is 78.1 Å². The molecule has 7 nitrogen and oxygen atoms in total. The van der Waals surface area contributed by atoms with Gasteiger partial charge < -0.3 is 14.6 Å². The summed E-state index contributed by atoms with van der Waals surface area (Å²) in [5.41, 5.74) is 0.903. The summed E-state index contributed by atoms with van der Waals surface area (Å²) in [6.45, 7) is 6.32. The number of nitrogens with zero attached hydrogens (tertiary/aromatic N) is 2. The number of esters is 1. The lowest BCUT2D eigenvalue weighted by atomic mass is 9.81. The van der Waals surface area contributed by atoms with Gasteiger partial charge in [0.05, 0.1) is 6.07 Å². The minimum Gasteiger partial charge on any atom is -0.448 e. The summed E-state index contributed by atoms with van der Waals surface area (Å²) in [4.78, 5) is 41.3. The number of carbonyl (C=O) groups is 3. The number of amides is 1. The van der Waals surface area contributed by atoms with E-state index in [0.717, 1.165) is 19.3 Å². The molecule has 1 heterocycles. The summed E-state index contributed by atoms with van der Waals surface area (Å²) in [5.74, 6) is -1.23. The van der Waals surface area contributed by atoms with Crippen molar-refractivity contribution in [1.82, 2.24) is 9.88 Å². The Kier molecular flexibility index (Phi) is 6.09. The van der Waals surface area contributed by atoms with Gasteiger partial charge in [0.2, 0.25) is 0 Å². The molecule has 27 heavy (non-hydrogen) atoms. The van der Waals surface area contributed by atoms with Crippen molar-refractivity contribution in [3.05, 3.63) is 22.5 Å². The van der Waals surface area contributed by atoms with E-state index in [9.17, 15) is 19.6 Å². The summed E-state index contributed by atoms with van der Waals surface area (Å²) >= 11 is 0. The summed E-state index contributed by atoms with van der Waals surface area (Å²) in [7, 11) is 1.60. The maximum Gasteiger partial charge on any atom is 0.355 e. The standard InChI is InChI=1S/C20H27N3O4/c1-12-16(14(3)24)13(2)22-17(12)19(26)27-15(4)18(25)23(5)20(11-21)9-7-6-8-10-20/h15,22H,6-10H2,1-5H3/t15-/m1/s1. The number of carbonyl (C=O) groups excluding carboxylic acids is 3. The van der Waals surface area contributed by atoms with Crippen molar-refractivity contribution in [3.8, 4) is 6.07 Å². The van der Waals surface area contributed by atoms with Gasteiger partial charge in [-0.1, -0.05) is 19.3 Å². The van der Waals surface area contributed by atoms with E-state index in [-0.39, 0.29) is 11.5 Å². The minimum atomic E-state index is -1.03. The van der Waals surface area contributed by atoms with Gasteiger partial charge in [-0.2, -0.15) is 5.26 Å². The van der Waals surface area contributed by atoms with E-state index in [1.807, 2.05) is 0 Å². The first-order chi connectivity index (χ1) is 12.6. The molecule has 0 spiro atoms. The molecule has 0 aromatic carbocycles. The van der Waals surface area contributed by atoms with Gasteiger partial charge in [-0.25, -0.2) is 4.79 Å². The van der Waals surface area contributed by atoms with Crippen LogP contribution in [0.4, 0.5) is 0 Å². The van der Waals surface area contributed by atoms with Crippen LogP contribution in [0.2, 0.25) is 0 Å². The van der Waals surface area contributed by atoms with Gasteiger partial charge in [0, 0.05) is 18.3 Å². The Morgan fingerprint density at radius 3 is 2.30 bits per heavy atom. The molecule has 2 rings (SSSR count). The molecule has 1 aliphatic rings. The third kappa shape index (κ3) is 3.90. The second-order valence-electron chi connectivity index (χ2n) is 7.33. The number of H-pyrrole nitrogens is 1. The van der Waals surface area contributed by atoms with Crippen molar-refractivity contribution in [1.29, 1.82) is 5.26 Å². The number of ether oxygens (including phenoxy) is 1. The summed E-state index contributed by atoms with van der Waals surface area (Å²) in [6, 6.07) is 2.29. The Bertz CT molecular complexity index is 797. The molecular formula is C20H27N3O4. The molecule has 1 aliphatic carbocycles. The van der Waals surface area contributed by atoms with E-state index in [4.69, 9.17) is 4.74 Å². The van der Waals surface area contributed by atoms with E-state index in [1.165, 1.54) is 18.7 Å². The average Bonchev–Trinajstić information content (AvgIpc) is 2.95. The highest BCUT2D eigenvalue weighted by Crippen LogP contribution is 2.33. The molecule has 1 amide bonds. The molecule has 1 aromatic rings. The van der Waals surface area contributed by atoms with Crippen LogP contribution in [-0.2, 0) is 9.53 Å². The van der Waals surface area contributed by atoms with Crippen LogP contribution < -0.4 is 0 Å². The largest absolute Gasteiger partial charge is 0.448 e. The average molecular weight is 373 g/mol. The van der Waals surface area contributed by atoms with Crippen LogP contribution in [0.25, 0.3) is 0 Å². The highest BCUT2D eigenvalue weighted by Gasteiger charge is 2.41. The lowest BCUT2D eigenvalue weighted by Gasteiger charge is -2.39. The fourth-order valence-corrected chi connectivity index (χ4v) is 3.89. The zero-order valence-corrected chi connectivity index (χ0v) is 16.6. The number of Topliss-reactive ketones (excluding diaryl/α,β-unsaturated/α-hetero) is 1. The summed E-state index contributed by atoms with van der Waals surface area (Å²) < 4.78 is 5.35. The van der Waals surface area contributed by atoms with Crippen LogP contribution in [0.5, 0.6) is 0 Å². The number of ketones is 1. The fourth-order valence-electron chi connectivity index (χ4n) is 3.89. The SMILES string of the molecule is CC(=O)c1c(C)[nH]c(C(=O)O[C@H](C)C(=O)N(C)C2(C#N)CCCCC2)c1C. The van der Waals surface area contributed by atoms with Gasteiger partial charge in [-0.3, -0.25) is 9.59 Å². The second kappa shape index (κ2) is 7.95. The molecule has 0 saturated heterocycles. The van der Waals surface area contributed by atoms with Crippen molar-refractivity contribution < 1.29 is 19.1 Å². The number of nitrogens with one attached hydrogen (secondary N) is 1. The third-order valence-corrected chi connectivity index (χ3v) is 5.49.